The number of ether oxygens (including phenoxy) is 1. The highest BCUT2D eigenvalue weighted by atomic mass is 35.5. The Kier molecular flexibility index (Phi) is 3.48. The smallest absolute Gasteiger partial charge is 0.385 e. The van der Waals surface area contributed by atoms with E-state index in [-0.39, 0.29) is 0 Å². The van der Waals surface area contributed by atoms with Crippen LogP contribution >= 0.6 is 23.2 Å². The standard InChI is InChI=1S/C12H7Cl2N2O/c13-8-5-9(14)7-12(6-8)17-11-3-1-10(16-15)2-4-11/h1-7H/q+1. The molecule has 0 aliphatic rings. The lowest BCUT2D eigenvalue weighted by Crippen LogP contribution is -1.83. The summed E-state index contributed by atoms with van der Waals surface area (Å²) in [7, 11) is 0. The summed E-state index contributed by atoms with van der Waals surface area (Å²) in [6.45, 7) is 0. The molecule has 0 spiro atoms. The van der Waals surface area contributed by atoms with Gasteiger partial charge in [-0.1, -0.05) is 23.2 Å². The minimum atomic E-state index is 0.460. The molecule has 2 aromatic carbocycles. The van der Waals surface area contributed by atoms with Gasteiger partial charge in [-0.2, -0.15) is 0 Å². The van der Waals surface area contributed by atoms with Gasteiger partial charge in [-0.15, -0.1) is 0 Å². The topological polar surface area (TPSA) is 37.4 Å². The van der Waals surface area contributed by atoms with E-state index in [1.54, 1.807) is 42.5 Å². The maximum absolute atomic E-state index is 8.54. The fraction of sp³-hybridized carbons (Fsp3) is 0. The fourth-order valence-electron chi connectivity index (χ4n) is 1.30. The molecule has 0 aromatic heterocycles. The van der Waals surface area contributed by atoms with Gasteiger partial charge in [0, 0.05) is 22.2 Å². The highest BCUT2D eigenvalue weighted by molar-refractivity contribution is 6.34. The van der Waals surface area contributed by atoms with Gasteiger partial charge in [-0.05, 0) is 30.3 Å². The molecule has 0 aliphatic heterocycles. The maximum atomic E-state index is 8.54. The van der Waals surface area contributed by atoms with Crippen molar-refractivity contribution in [2.75, 3.05) is 0 Å². The lowest BCUT2D eigenvalue weighted by molar-refractivity contribution is 0.483. The number of halogens is 2. The number of hydrogen-bond donors (Lipinski definition) is 0. The third-order valence-electron chi connectivity index (χ3n) is 2.02. The molecule has 0 heterocycles. The van der Waals surface area contributed by atoms with Crippen molar-refractivity contribution < 1.29 is 4.74 Å². The average molecular weight is 266 g/mol. The first-order valence-electron chi connectivity index (χ1n) is 4.76. The Morgan fingerprint density at radius 3 is 2.00 bits per heavy atom. The molecule has 84 valence electrons. The second-order valence-corrected chi connectivity index (χ2v) is 4.17. The second kappa shape index (κ2) is 5.05. The number of rotatable bonds is 2. The molecule has 0 fully saturated rings. The van der Waals surface area contributed by atoms with Crippen LogP contribution < -0.4 is 4.74 Å². The zero-order valence-corrected chi connectivity index (χ0v) is 10.1. The van der Waals surface area contributed by atoms with Crippen LogP contribution in [0.1, 0.15) is 0 Å². The van der Waals surface area contributed by atoms with E-state index in [9.17, 15) is 0 Å². The normalized spacial score (nSPS) is 9.71. The summed E-state index contributed by atoms with van der Waals surface area (Å²) in [6, 6.07) is 11.6. The van der Waals surface area contributed by atoms with Gasteiger partial charge >= 0.3 is 5.69 Å². The minimum Gasteiger partial charge on any atom is -0.457 e. The van der Waals surface area contributed by atoms with Crippen LogP contribution in [0.15, 0.2) is 42.5 Å². The van der Waals surface area contributed by atoms with E-state index < -0.39 is 0 Å². The van der Waals surface area contributed by atoms with Crippen LogP contribution in [0.2, 0.25) is 10.0 Å². The van der Waals surface area contributed by atoms with Crippen LogP contribution in [0.25, 0.3) is 4.98 Å². The Balaban J connectivity index is 2.22. The van der Waals surface area contributed by atoms with Crippen LogP contribution in [-0.4, -0.2) is 0 Å². The Morgan fingerprint density at radius 1 is 0.882 bits per heavy atom. The van der Waals surface area contributed by atoms with Gasteiger partial charge in [0.15, 0.2) is 4.98 Å². The number of nitrogens with zero attached hydrogens (tertiary/aromatic N) is 2. The fourth-order valence-corrected chi connectivity index (χ4v) is 1.81. The van der Waals surface area contributed by atoms with E-state index in [1.165, 1.54) is 0 Å². The van der Waals surface area contributed by atoms with E-state index in [2.05, 4.69) is 4.98 Å². The van der Waals surface area contributed by atoms with Gasteiger partial charge in [-0.3, -0.25) is 0 Å². The monoisotopic (exact) mass is 265 g/mol. The molecule has 5 heteroatoms. The molecule has 0 aliphatic carbocycles. The third kappa shape index (κ3) is 3.10. The van der Waals surface area contributed by atoms with Gasteiger partial charge in [0.2, 0.25) is 5.39 Å². The Labute approximate surface area is 108 Å². The molecular weight excluding hydrogens is 259 g/mol. The van der Waals surface area contributed by atoms with E-state index in [0.29, 0.717) is 27.2 Å². The van der Waals surface area contributed by atoms with Crippen molar-refractivity contribution in [3.63, 3.8) is 0 Å². The quantitative estimate of drug-likeness (QED) is 0.694. The summed E-state index contributed by atoms with van der Waals surface area (Å²) in [5.41, 5.74) is 0.460. The molecule has 17 heavy (non-hydrogen) atoms. The predicted octanol–water partition coefficient (Wildman–Crippen LogP) is 5.27. The van der Waals surface area contributed by atoms with Gasteiger partial charge < -0.3 is 4.74 Å². The van der Waals surface area contributed by atoms with Gasteiger partial charge in [-0.25, -0.2) is 0 Å². The molecule has 2 aromatic rings. The van der Waals surface area contributed by atoms with Crippen molar-refractivity contribution in [3.8, 4) is 11.5 Å². The number of diazo groups is 1. The number of hydrogen-bond acceptors (Lipinski definition) is 2. The molecule has 0 N–H and O–H groups in total. The Hall–Kier alpha value is -1.76. The average Bonchev–Trinajstić information content (AvgIpc) is 2.28. The summed E-state index contributed by atoms with van der Waals surface area (Å²) in [6.07, 6.45) is 0. The molecule has 0 saturated heterocycles. The van der Waals surface area contributed by atoms with Crippen molar-refractivity contribution in [2.45, 2.75) is 0 Å². The van der Waals surface area contributed by atoms with E-state index in [0.717, 1.165) is 0 Å². The Bertz CT molecular complexity index is 556. The highest BCUT2D eigenvalue weighted by Crippen LogP contribution is 2.29. The van der Waals surface area contributed by atoms with Gasteiger partial charge in [0.25, 0.3) is 0 Å². The zero-order chi connectivity index (χ0) is 12.3. The second-order valence-electron chi connectivity index (χ2n) is 3.30. The molecule has 0 unspecified atom stereocenters. The van der Waals surface area contributed by atoms with Crippen LogP contribution in [-0.2, 0) is 0 Å². The third-order valence-corrected chi connectivity index (χ3v) is 2.46. The zero-order valence-electron chi connectivity index (χ0n) is 8.60. The van der Waals surface area contributed by atoms with E-state index in [1.807, 2.05) is 0 Å². The van der Waals surface area contributed by atoms with Crippen molar-refractivity contribution in [3.05, 3.63) is 57.5 Å². The Morgan fingerprint density at radius 2 is 1.47 bits per heavy atom. The first-order chi connectivity index (χ1) is 8.17. The van der Waals surface area contributed by atoms with Gasteiger partial charge in [0.05, 0.1) is 0 Å². The lowest BCUT2D eigenvalue weighted by Gasteiger charge is -2.05. The van der Waals surface area contributed by atoms with Crippen LogP contribution in [0.3, 0.4) is 0 Å². The first-order valence-corrected chi connectivity index (χ1v) is 5.52. The molecule has 0 bridgehead atoms. The largest absolute Gasteiger partial charge is 0.457 e. The molecule has 0 atom stereocenters. The van der Waals surface area contributed by atoms with Crippen molar-refractivity contribution in [1.29, 1.82) is 5.39 Å². The summed E-state index contributed by atoms with van der Waals surface area (Å²) in [5, 5.41) is 9.56. The predicted molar refractivity (Wildman–Crippen MR) is 67.7 cm³/mol. The molecule has 0 saturated carbocycles. The molecule has 0 amide bonds. The maximum Gasteiger partial charge on any atom is 0.385 e. The molecule has 3 nitrogen and oxygen atoms in total. The van der Waals surface area contributed by atoms with Crippen molar-refractivity contribution in [1.82, 2.24) is 0 Å². The summed E-state index contributed by atoms with van der Waals surface area (Å²) in [5.74, 6) is 1.16. The van der Waals surface area contributed by atoms with Gasteiger partial charge in [0.1, 0.15) is 11.5 Å². The van der Waals surface area contributed by atoms with Crippen molar-refractivity contribution in [2.24, 2.45) is 0 Å². The SMILES string of the molecule is N#[N+]c1ccc(Oc2cc(Cl)cc(Cl)c2)cc1. The van der Waals surface area contributed by atoms with Crippen molar-refractivity contribution >= 4 is 28.9 Å². The molecule has 2 rings (SSSR count). The highest BCUT2D eigenvalue weighted by Gasteiger charge is 2.05. The molecule has 0 radical (unpaired) electrons. The first kappa shape index (κ1) is 11.7. The van der Waals surface area contributed by atoms with E-state index >= 15 is 0 Å². The summed E-state index contributed by atoms with van der Waals surface area (Å²) >= 11 is 11.7. The van der Waals surface area contributed by atoms with E-state index in [4.69, 9.17) is 33.3 Å². The summed E-state index contributed by atoms with van der Waals surface area (Å²) in [4.78, 5) is 3.05. The van der Waals surface area contributed by atoms with Crippen LogP contribution in [0, 0.1) is 5.39 Å². The molecular formula is C12H7Cl2N2O+. The van der Waals surface area contributed by atoms with Crippen LogP contribution in [0.5, 0.6) is 11.5 Å². The lowest BCUT2D eigenvalue weighted by atomic mass is 10.3. The minimum absolute atomic E-state index is 0.460. The van der Waals surface area contributed by atoms with Crippen LogP contribution in [0.4, 0.5) is 5.69 Å². The summed E-state index contributed by atoms with van der Waals surface area (Å²) < 4.78 is 5.55. The number of benzene rings is 2.